The fourth-order valence-corrected chi connectivity index (χ4v) is 2.11. The number of hydrogen-bond donors (Lipinski definition) is 0. The van der Waals surface area contributed by atoms with Crippen molar-refractivity contribution >= 4 is 0 Å². The van der Waals surface area contributed by atoms with Crippen molar-refractivity contribution in [3.05, 3.63) is 29.3 Å². The molecule has 1 heteroatoms. The molecule has 0 atom stereocenters. The summed E-state index contributed by atoms with van der Waals surface area (Å²) in [6, 6.07) is 6.44. The van der Waals surface area contributed by atoms with Crippen LogP contribution in [0.3, 0.4) is 0 Å². The van der Waals surface area contributed by atoms with Crippen LogP contribution in [-0.4, -0.2) is 7.11 Å². The first-order valence-corrected chi connectivity index (χ1v) is 5.40. The zero-order valence-corrected chi connectivity index (χ0v) is 9.21. The zero-order valence-electron chi connectivity index (χ0n) is 9.21. The molecular formula is C13H18O. The molecule has 0 bridgehead atoms. The predicted octanol–water partition coefficient (Wildman–Crippen LogP) is 3.70. The molecule has 0 heterocycles. The van der Waals surface area contributed by atoms with Gasteiger partial charge in [0.2, 0.25) is 0 Å². The normalized spacial score (nSPS) is 16.0. The average molecular weight is 190 g/mol. The SMILES string of the molecule is COc1cccc(C2CC2)c1C(C)C. The van der Waals surface area contributed by atoms with Gasteiger partial charge in [-0.05, 0) is 36.3 Å². The van der Waals surface area contributed by atoms with Gasteiger partial charge >= 0.3 is 0 Å². The van der Waals surface area contributed by atoms with E-state index in [4.69, 9.17) is 4.74 Å². The smallest absolute Gasteiger partial charge is 0.122 e. The van der Waals surface area contributed by atoms with Gasteiger partial charge in [-0.2, -0.15) is 0 Å². The first kappa shape index (κ1) is 9.57. The Morgan fingerprint density at radius 2 is 2.00 bits per heavy atom. The van der Waals surface area contributed by atoms with Crippen LogP contribution >= 0.6 is 0 Å². The van der Waals surface area contributed by atoms with E-state index in [9.17, 15) is 0 Å². The molecule has 0 radical (unpaired) electrons. The highest BCUT2D eigenvalue weighted by atomic mass is 16.5. The van der Waals surface area contributed by atoms with Crippen molar-refractivity contribution < 1.29 is 4.74 Å². The van der Waals surface area contributed by atoms with Crippen LogP contribution in [0.25, 0.3) is 0 Å². The van der Waals surface area contributed by atoms with Crippen LogP contribution in [0.2, 0.25) is 0 Å². The maximum atomic E-state index is 5.43. The second-order valence-electron chi connectivity index (χ2n) is 4.39. The summed E-state index contributed by atoms with van der Waals surface area (Å²) in [7, 11) is 1.76. The Hall–Kier alpha value is -0.980. The molecule has 1 aliphatic carbocycles. The summed E-state index contributed by atoms with van der Waals surface area (Å²) in [6.45, 7) is 4.48. The molecule has 1 saturated carbocycles. The van der Waals surface area contributed by atoms with Crippen LogP contribution in [0.4, 0.5) is 0 Å². The Kier molecular flexibility index (Phi) is 2.49. The van der Waals surface area contributed by atoms with Crippen LogP contribution < -0.4 is 4.74 Å². The maximum absolute atomic E-state index is 5.43. The third-order valence-electron chi connectivity index (χ3n) is 2.91. The van der Waals surface area contributed by atoms with E-state index >= 15 is 0 Å². The Balaban J connectivity index is 2.46. The summed E-state index contributed by atoms with van der Waals surface area (Å²) >= 11 is 0. The molecule has 2 rings (SSSR count). The number of methoxy groups -OCH3 is 1. The summed E-state index contributed by atoms with van der Waals surface area (Å²) in [5, 5.41) is 0. The van der Waals surface area contributed by atoms with Crippen molar-refractivity contribution in [2.75, 3.05) is 7.11 Å². The molecule has 0 spiro atoms. The van der Waals surface area contributed by atoms with Crippen LogP contribution in [-0.2, 0) is 0 Å². The maximum Gasteiger partial charge on any atom is 0.122 e. The molecule has 0 aromatic heterocycles. The number of hydrogen-bond acceptors (Lipinski definition) is 1. The summed E-state index contributed by atoms with van der Waals surface area (Å²) in [4.78, 5) is 0. The van der Waals surface area contributed by atoms with E-state index in [-0.39, 0.29) is 0 Å². The van der Waals surface area contributed by atoms with Crippen molar-refractivity contribution in [3.8, 4) is 5.75 Å². The number of benzene rings is 1. The third-order valence-corrected chi connectivity index (χ3v) is 2.91. The van der Waals surface area contributed by atoms with Gasteiger partial charge in [0.15, 0.2) is 0 Å². The van der Waals surface area contributed by atoms with E-state index in [1.807, 2.05) is 0 Å². The molecular weight excluding hydrogens is 172 g/mol. The van der Waals surface area contributed by atoms with Crippen molar-refractivity contribution in [1.82, 2.24) is 0 Å². The van der Waals surface area contributed by atoms with Gasteiger partial charge in [0.1, 0.15) is 5.75 Å². The lowest BCUT2D eigenvalue weighted by molar-refractivity contribution is 0.406. The molecule has 0 aliphatic heterocycles. The second kappa shape index (κ2) is 3.64. The minimum Gasteiger partial charge on any atom is -0.496 e. The van der Waals surface area contributed by atoms with Crippen LogP contribution in [0, 0.1) is 0 Å². The molecule has 1 aromatic carbocycles. The fraction of sp³-hybridized carbons (Fsp3) is 0.538. The molecule has 0 amide bonds. The molecule has 1 nitrogen and oxygen atoms in total. The number of ether oxygens (including phenoxy) is 1. The van der Waals surface area contributed by atoms with Crippen LogP contribution in [0.15, 0.2) is 18.2 Å². The molecule has 0 N–H and O–H groups in total. The van der Waals surface area contributed by atoms with Crippen molar-refractivity contribution in [1.29, 1.82) is 0 Å². The van der Waals surface area contributed by atoms with E-state index < -0.39 is 0 Å². The quantitative estimate of drug-likeness (QED) is 0.706. The average Bonchev–Trinajstić information content (AvgIpc) is 2.99. The largest absolute Gasteiger partial charge is 0.496 e. The van der Waals surface area contributed by atoms with E-state index in [0.717, 1.165) is 11.7 Å². The lowest BCUT2D eigenvalue weighted by atomic mass is 9.93. The Labute approximate surface area is 86.1 Å². The van der Waals surface area contributed by atoms with Crippen molar-refractivity contribution in [2.45, 2.75) is 38.5 Å². The van der Waals surface area contributed by atoms with Gasteiger partial charge in [-0.3, -0.25) is 0 Å². The summed E-state index contributed by atoms with van der Waals surface area (Å²) in [6.07, 6.45) is 2.71. The fourth-order valence-electron chi connectivity index (χ4n) is 2.11. The molecule has 76 valence electrons. The van der Waals surface area contributed by atoms with Gasteiger partial charge in [0, 0.05) is 5.56 Å². The summed E-state index contributed by atoms with van der Waals surface area (Å²) < 4.78 is 5.43. The Morgan fingerprint density at radius 1 is 1.29 bits per heavy atom. The Bertz CT molecular complexity index is 324. The highest BCUT2D eigenvalue weighted by Crippen LogP contribution is 2.45. The first-order valence-electron chi connectivity index (χ1n) is 5.40. The topological polar surface area (TPSA) is 9.23 Å². The highest BCUT2D eigenvalue weighted by Gasteiger charge is 2.27. The van der Waals surface area contributed by atoms with E-state index in [1.165, 1.54) is 24.0 Å². The first-order chi connectivity index (χ1) is 6.74. The molecule has 1 fully saturated rings. The predicted molar refractivity (Wildman–Crippen MR) is 59.1 cm³/mol. The van der Waals surface area contributed by atoms with Gasteiger partial charge < -0.3 is 4.74 Å². The van der Waals surface area contributed by atoms with Gasteiger partial charge in [-0.15, -0.1) is 0 Å². The second-order valence-corrected chi connectivity index (χ2v) is 4.39. The van der Waals surface area contributed by atoms with Gasteiger partial charge in [0.05, 0.1) is 7.11 Å². The van der Waals surface area contributed by atoms with Gasteiger partial charge in [-0.25, -0.2) is 0 Å². The summed E-state index contributed by atoms with van der Waals surface area (Å²) in [5.41, 5.74) is 2.93. The third kappa shape index (κ3) is 1.63. The molecule has 0 saturated heterocycles. The molecule has 1 aliphatic rings. The van der Waals surface area contributed by atoms with Crippen molar-refractivity contribution in [3.63, 3.8) is 0 Å². The number of rotatable bonds is 3. The van der Waals surface area contributed by atoms with E-state index in [2.05, 4.69) is 32.0 Å². The van der Waals surface area contributed by atoms with Crippen LogP contribution in [0.1, 0.15) is 49.7 Å². The standard InChI is InChI=1S/C13H18O/c1-9(2)13-11(10-7-8-10)5-4-6-12(13)14-3/h4-6,9-10H,7-8H2,1-3H3. The van der Waals surface area contributed by atoms with E-state index in [1.54, 1.807) is 7.11 Å². The van der Waals surface area contributed by atoms with Crippen molar-refractivity contribution in [2.24, 2.45) is 0 Å². The van der Waals surface area contributed by atoms with Crippen LogP contribution in [0.5, 0.6) is 5.75 Å². The highest BCUT2D eigenvalue weighted by molar-refractivity contribution is 5.45. The lowest BCUT2D eigenvalue weighted by Gasteiger charge is -2.16. The van der Waals surface area contributed by atoms with E-state index in [0.29, 0.717) is 5.92 Å². The monoisotopic (exact) mass is 190 g/mol. The Morgan fingerprint density at radius 3 is 2.50 bits per heavy atom. The zero-order chi connectivity index (χ0) is 10.1. The summed E-state index contributed by atoms with van der Waals surface area (Å²) in [5.74, 6) is 2.42. The minimum absolute atomic E-state index is 0.557. The van der Waals surface area contributed by atoms with Gasteiger partial charge in [-0.1, -0.05) is 26.0 Å². The minimum atomic E-state index is 0.557. The lowest BCUT2D eigenvalue weighted by Crippen LogP contribution is -1.99. The molecule has 14 heavy (non-hydrogen) atoms. The molecule has 1 aromatic rings. The molecule has 0 unspecified atom stereocenters. The van der Waals surface area contributed by atoms with Gasteiger partial charge in [0.25, 0.3) is 0 Å².